The summed E-state index contributed by atoms with van der Waals surface area (Å²) < 4.78 is 22.8. The molecule has 2 atom stereocenters. The Morgan fingerprint density at radius 2 is 2.04 bits per heavy atom. The highest BCUT2D eigenvalue weighted by Crippen LogP contribution is 2.32. The van der Waals surface area contributed by atoms with E-state index in [4.69, 9.17) is 0 Å². The van der Waals surface area contributed by atoms with Crippen molar-refractivity contribution in [3.63, 3.8) is 0 Å². The van der Waals surface area contributed by atoms with Crippen molar-refractivity contribution in [2.24, 2.45) is 11.8 Å². The van der Waals surface area contributed by atoms with Gasteiger partial charge >= 0.3 is 0 Å². The smallest absolute Gasteiger partial charge is 0.273 e. The number of rotatable bonds is 2. The highest BCUT2D eigenvalue weighted by Gasteiger charge is 2.33. The van der Waals surface area contributed by atoms with Crippen LogP contribution in [-0.2, 0) is 27.5 Å². The molecule has 1 saturated heterocycles. The van der Waals surface area contributed by atoms with Gasteiger partial charge in [-0.1, -0.05) is 6.92 Å². The Bertz CT molecular complexity index is 739. The van der Waals surface area contributed by atoms with Crippen LogP contribution < -0.4 is 10.9 Å². The average molecular weight is 356 g/mol. The minimum Gasteiger partial charge on any atom is -0.273 e. The first kappa shape index (κ1) is 16.4. The van der Waals surface area contributed by atoms with Crippen molar-refractivity contribution < 1.29 is 18.0 Å². The van der Waals surface area contributed by atoms with Crippen LogP contribution in [-0.4, -0.2) is 31.7 Å². The Hall–Kier alpha value is -1.41. The van der Waals surface area contributed by atoms with Crippen molar-refractivity contribution >= 4 is 33.0 Å². The molecular formula is C15H20N2O4S2. The molecule has 6 nitrogen and oxygen atoms in total. The third-order valence-electron chi connectivity index (χ3n) is 4.46. The molecule has 2 aliphatic rings. The van der Waals surface area contributed by atoms with Crippen LogP contribution in [0.4, 0.5) is 0 Å². The Morgan fingerprint density at radius 3 is 2.74 bits per heavy atom. The van der Waals surface area contributed by atoms with Crippen LogP contribution in [0.15, 0.2) is 6.07 Å². The second-order valence-corrected chi connectivity index (χ2v) is 9.82. The van der Waals surface area contributed by atoms with E-state index in [0.29, 0.717) is 17.2 Å². The average Bonchev–Trinajstić information content (AvgIpc) is 3.07. The molecule has 2 N–H and O–H groups in total. The van der Waals surface area contributed by atoms with Gasteiger partial charge in [0.25, 0.3) is 5.91 Å². The van der Waals surface area contributed by atoms with E-state index in [2.05, 4.69) is 17.8 Å². The van der Waals surface area contributed by atoms with E-state index in [9.17, 15) is 18.0 Å². The molecular weight excluding hydrogens is 336 g/mol. The lowest BCUT2D eigenvalue weighted by molar-refractivity contribution is -0.125. The molecule has 0 unspecified atom stereocenters. The van der Waals surface area contributed by atoms with Gasteiger partial charge in [0.1, 0.15) is 0 Å². The van der Waals surface area contributed by atoms with Crippen LogP contribution in [0.1, 0.15) is 39.9 Å². The molecule has 0 bridgehead atoms. The minimum absolute atomic E-state index is 0.0366. The third kappa shape index (κ3) is 3.74. The predicted octanol–water partition coefficient (Wildman–Crippen LogP) is 1.07. The number of sulfone groups is 1. The lowest BCUT2D eigenvalue weighted by atomic mass is 9.90. The van der Waals surface area contributed by atoms with Gasteiger partial charge in [-0.2, -0.15) is 0 Å². The molecule has 1 fully saturated rings. The first-order valence-electron chi connectivity index (χ1n) is 7.76. The zero-order valence-corrected chi connectivity index (χ0v) is 14.6. The predicted molar refractivity (Wildman–Crippen MR) is 87.9 cm³/mol. The molecule has 0 aromatic carbocycles. The zero-order valence-electron chi connectivity index (χ0n) is 12.9. The second kappa shape index (κ2) is 6.24. The van der Waals surface area contributed by atoms with Crippen LogP contribution in [0.2, 0.25) is 0 Å². The first-order chi connectivity index (χ1) is 10.8. The normalized spacial score (nSPS) is 25.6. The van der Waals surface area contributed by atoms with Gasteiger partial charge in [-0.25, -0.2) is 8.42 Å². The summed E-state index contributed by atoms with van der Waals surface area (Å²) in [6, 6.07) is 1.90. The molecule has 126 valence electrons. The van der Waals surface area contributed by atoms with E-state index in [-0.39, 0.29) is 17.4 Å². The maximum Gasteiger partial charge on any atom is 0.279 e. The van der Waals surface area contributed by atoms with Gasteiger partial charge < -0.3 is 0 Å². The molecule has 1 aromatic heterocycles. The number of thiophene rings is 1. The number of carbonyl (C=O) groups is 2. The summed E-state index contributed by atoms with van der Waals surface area (Å²) >= 11 is 1.47. The summed E-state index contributed by atoms with van der Waals surface area (Å²) in [6.45, 7) is 2.20. The standard InChI is InChI=1S/C15H20N2O4S2/c1-9-2-3-12-11(6-9)7-13(22-12)15(19)17-16-14(18)10-4-5-23(20,21)8-10/h7,9-10H,2-6,8H2,1H3,(H,16,18)(H,17,19)/t9-,10+/m1/s1. The number of carbonyl (C=O) groups excluding carboxylic acids is 2. The summed E-state index contributed by atoms with van der Waals surface area (Å²) in [4.78, 5) is 25.9. The fourth-order valence-corrected chi connectivity index (χ4v) is 5.95. The molecule has 2 heterocycles. The maximum atomic E-state index is 12.2. The van der Waals surface area contributed by atoms with Gasteiger partial charge in [0, 0.05) is 4.88 Å². The second-order valence-electron chi connectivity index (χ2n) is 6.45. The van der Waals surface area contributed by atoms with Crippen molar-refractivity contribution in [3.05, 3.63) is 21.4 Å². The summed E-state index contributed by atoms with van der Waals surface area (Å²) in [5.74, 6) is -0.815. The van der Waals surface area contributed by atoms with E-state index in [1.54, 1.807) is 0 Å². The van der Waals surface area contributed by atoms with Crippen molar-refractivity contribution in [1.29, 1.82) is 0 Å². The number of hydrazine groups is 1. The van der Waals surface area contributed by atoms with Crippen molar-refractivity contribution in [1.82, 2.24) is 10.9 Å². The van der Waals surface area contributed by atoms with E-state index in [1.807, 2.05) is 6.07 Å². The monoisotopic (exact) mass is 356 g/mol. The van der Waals surface area contributed by atoms with Crippen LogP contribution in [0.25, 0.3) is 0 Å². The fraction of sp³-hybridized carbons (Fsp3) is 0.600. The molecule has 2 amide bonds. The number of aryl methyl sites for hydroxylation is 1. The van der Waals surface area contributed by atoms with Crippen molar-refractivity contribution in [3.8, 4) is 0 Å². The molecule has 23 heavy (non-hydrogen) atoms. The van der Waals surface area contributed by atoms with E-state index < -0.39 is 21.7 Å². The van der Waals surface area contributed by atoms with E-state index >= 15 is 0 Å². The Morgan fingerprint density at radius 1 is 1.26 bits per heavy atom. The molecule has 3 rings (SSSR count). The summed E-state index contributed by atoms with van der Waals surface area (Å²) in [5.41, 5.74) is 5.98. The highest BCUT2D eigenvalue weighted by molar-refractivity contribution is 7.91. The van der Waals surface area contributed by atoms with Crippen LogP contribution >= 0.6 is 11.3 Å². The molecule has 0 radical (unpaired) electrons. The van der Waals surface area contributed by atoms with Gasteiger partial charge in [-0.15, -0.1) is 11.3 Å². The number of hydrogen-bond donors (Lipinski definition) is 2. The van der Waals surface area contributed by atoms with Gasteiger partial charge in [0.2, 0.25) is 5.91 Å². The largest absolute Gasteiger partial charge is 0.279 e. The Balaban J connectivity index is 1.57. The lowest BCUT2D eigenvalue weighted by Crippen LogP contribution is -2.44. The van der Waals surface area contributed by atoms with E-state index in [1.165, 1.54) is 21.8 Å². The summed E-state index contributed by atoms with van der Waals surface area (Å²) in [5, 5.41) is 0. The quantitative estimate of drug-likeness (QED) is 0.775. The molecule has 1 aliphatic carbocycles. The molecule has 1 aromatic rings. The van der Waals surface area contributed by atoms with Gasteiger partial charge in [-0.05, 0) is 43.2 Å². The molecule has 8 heteroatoms. The van der Waals surface area contributed by atoms with Gasteiger partial charge in [-0.3, -0.25) is 20.4 Å². The van der Waals surface area contributed by atoms with Crippen LogP contribution in [0.5, 0.6) is 0 Å². The Labute approximate surface area is 139 Å². The lowest BCUT2D eigenvalue weighted by Gasteiger charge is -2.16. The van der Waals surface area contributed by atoms with Crippen LogP contribution in [0, 0.1) is 11.8 Å². The number of hydrogen-bond acceptors (Lipinski definition) is 5. The third-order valence-corrected chi connectivity index (χ3v) is 7.46. The summed E-state index contributed by atoms with van der Waals surface area (Å²) in [7, 11) is -3.11. The number of amides is 2. The van der Waals surface area contributed by atoms with Gasteiger partial charge in [0.15, 0.2) is 9.84 Å². The van der Waals surface area contributed by atoms with Gasteiger partial charge in [0.05, 0.1) is 22.3 Å². The van der Waals surface area contributed by atoms with Crippen molar-refractivity contribution in [2.45, 2.75) is 32.6 Å². The van der Waals surface area contributed by atoms with E-state index in [0.717, 1.165) is 19.3 Å². The van der Waals surface area contributed by atoms with Crippen LogP contribution in [0.3, 0.4) is 0 Å². The highest BCUT2D eigenvalue weighted by atomic mass is 32.2. The fourth-order valence-electron chi connectivity index (χ4n) is 3.10. The zero-order chi connectivity index (χ0) is 16.6. The SMILES string of the molecule is C[C@@H]1CCc2sc(C(=O)NNC(=O)[C@H]3CCS(=O)(=O)C3)cc2C1. The number of nitrogens with one attached hydrogen (secondary N) is 2. The molecule has 0 spiro atoms. The topological polar surface area (TPSA) is 92.3 Å². The molecule has 1 aliphatic heterocycles. The first-order valence-corrected chi connectivity index (χ1v) is 10.4. The Kier molecular flexibility index (Phi) is 4.46. The van der Waals surface area contributed by atoms with Crippen molar-refractivity contribution in [2.75, 3.05) is 11.5 Å². The maximum absolute atomic E-state index is 12.2. The minimum atomic E-state index is -3.11. The summed E-state index contributed by atoms with van der Waals surface area (Å²) in [6.07, 6.45) is 3.45. The molecule has 0 saturated carbocycles. The number of fused-ring (bicyclic) bond motifs is 1.